The van der Waals surface area contributed by atoms with Crippen molar-refractivity contribution in [2.45, 2.75) is 19.6 Å². The molecule has 1 N–H and O–H groups in total. The summed E-state index contributed by atoms with van der Waals surface area (Å²) in [4.78, 5) is 51.5. The van der Waals surface area contributed by atoms with Gasteiger partial charge in [0, 0.05) is 10.7 Å². The summed E-state index contributed by atoms with van der Waals surface area (Å²) in [6.45, 7) is 1.44. The summed E-state index contributed by atoms with van der Waals surface area (Å²) in [5.41, 5.74) is 1.35. The molecule has 1 heterocycles. The average Bonchev–Trinajstić information content (AvgIpc) is 3.06. The quantitative estimate of drug-likeness (QED) is 0.415. The van der Waals surface area contributed by atoms with E-state index >= 15 is 0 Å². The molecular formula is C25H18ClFN2O5. The van der Waals surface area contributed by atoms with E-state index in [1.165, 1.54) is 49.4 Å². The van der Waals surface area contributed by atoms with Crippen molar-refractivity contribution in [3.05, 3.63) is 99.8 Å². The molecule has 4 rings (SSSR count). The molecule has 1 aliphatic rings. The van der Waals surface area contributed by atoms with Crippen molar-refractivity contribution in [2.75, 3.05) is 5.32 Å². The van der Waals surface area contributed by atoms with Gasteiger partial charge in [-0.1, -0.05) is 23.7 Å². The van der Waals surface area contributed by atoms with Gasteiger partial charge < -0.3 is 10.1 Å². The van der Waals surface area contributed by atoms with E-state index in [0.717, 1.165) is 10.5 Å². The molecule has 0 bridgehead atoms. The van der Waals surface area contributed by atoms with Gasteiger partial charge in [-0.2, -0.15) is 0 Å². The molecule has 34 heavy (non-hydrogen) atoms. The van der Waals surface area contributed by atoms with E-state index in [0.29, 0.717) is 10.7 Å². The third-order valence-electron chi connectivity index (χ3n) is 5.23. The summed E-state index contributed by atoms with van der Waals surface area (Å²) in [5, 5.41) is 3.05. The van der Waals surface area contributed by atoms with Gasteiger partial charge in [-0.3, -0.25) is 19.3 Å². The second-order valence-corrected chi connectivity index (χ2v) is 8.06. The van der Waals surface area contributed by atoms with Crippen LogP contribution >= 0.6 is 11.6 Å². The predicted octanol–water partition coefficient (Wildman–Crippen LogP) is 4.46. The number of carbonyl (C=O) groups is 4. The normalized spacial score (nSPS) is 13.4. The summed E-state index contributed by atoms with van der Waals surface area (Å²) in [5.74, 6) is -2.90. The van der Waals surface area contributed by atoms with Crippen molar-refractivity contribution >= 4 is 41.0 Å². The third kappa shape index (κ3) is 4.82. The van der Waals surface area contributed by atoms with E-state index in [2.05, 4.69) is 5.32 Å². The zero-order valence-corrected chi connectivity index (χ0v) is 18.6. The lowest BCUT2D eigenvalue weighted by atomic mass is 10.1. The van der Waals surface area contributed by atoms with Crippen molar-refractivity contribution in [2.24, 2.45) is 0 Å². The maximum absolute atomic E-state index is 13.0. The third-order valence-corrected chi connectivity index (χ3v) is 5.48. The van der Waals surface area contributed by atoms with Gasteiger partial charge in [0.1, 0.15) is 5.82 Å². The molecule has 1 aliphatic heterocycles. The molecule has 3 aromatic rings. The molecule has 0 aromatic heterocycles. The van der Waals surface area contributed by atoms with Crippen molar-refractivity contribution < 1.29 is 28.3 Å². The Hall–Kier alpha value is -4.04. The lowest BCUT2D eigenvalue weighted by Crippen LogP contribution is -2.30. The van der Waals surface area contributed by atoms with Gasteiger partial charge >= 0.3 is 5.97 Å². The monoisotopic (exact) mass is 480 g/mol. The van der Waals surface area contributed by atoms with Crippen molar-refractivity contribution in [1.29, 1.82) is 0 Å². The zero-order valence-electron chi connectivity index (χ0n) is 17.9. The first-order valence-corrected chi connectivity index (χ1v) is 10.6. The standard InChI is InChI=1S/C25H18ClFN2O5/c1-14(22(30)28-19-9-7-18(27)8-10-19)34-25(33)16-4-11-20-21(12-16)24(32)29(23(20)31)13-15-2-5-17(26)6-3-15/h2-12,14H,13H2,1H3,(H,28,30). The van der Waals surface area contributed by atoms with Crippen LogP contribution in [0.4, 0.5) is 10.1 Å². The van der Waals surface area contributed by atoms with Crippen LogP contribution < -0.4 is 5.32 Å². The first-order chi connectivity index (χ1) is 16.2. The number of nitrogens with zero attached hydrogens (tertiary/aromatic N) is 1. The number of imide groups is 1. The molecule has 172 valence electrons. The number of rotatable bonds is 6. The topological polar surface area (TPSA) is 92.8 Å². The molecule has 3 aromatic carbocycles. The summed E-state index contributed by atoms with van der Waals surface area (Å²) in [6.07, 6.45) is -1.16. The number of esters is 1. The van der Waals surface area contributed by atoms with Gasteiger partial charge in [-0.05, 0) is 67.1 Å². The van der Waals surface area contributed by atoms with E-state index in [1.807, 2.05) is 0 Å². The Balaban J connectivity index is 1.44. The lowest BCUT2D eigenvalue weighted by Gasteiger charge is -2.14. The molecule has 1 unspecified atom stereocenters. The van der Waals surface area contributed by atoms with Crippen LogP contribution in [0, 0.1) is 5.82 Å². The first-order valence-electron chi connectivity index (χ1n) is 10.2. The van der Waals surface area contributed by atoms with Crippen molar-refractivity contribution in [3.8, 4) is 0 Å². The highest BCUT2D eigenvalue weighted by Crippen LogP contribution is 2.26. The average molecular weight is 481 g/mol. The zero-order chi connectivity index (χ0) is 24.4. The van der Waals surface area contributed by atoms with Crippen LogP contribution in [0.3, 0.4) is 0 Å². The second-order valence-electron chi connectivity index (χ2n) is 7.63. The van der Waals surface area contributed by atoms with Gasteiger partial charge in [0.15, 0.2) is 6.10 Å². The molecule has 9 heteroatoms. The number of amides is 3. The number of carbonyl (C=O) groups excluding carboxylic acids is 4. The SMILES string of the molecule is CC(OC(=O)c1ccc2c(c1)C(=O)N(Cc1ccc(Cl)cc1)C2=O)C(=O)Nc1ccc(F)cc1. The number of hydrogen-bond donors (Lipinski definition) is 1. The van der Waals surface area contributed by atoms with E-state index in [4.69, 9.17) is 16.3 Å². The highest BCUT2D eigenvalue weighted by Gasteiger charge is 2.36. The van der Waals surface area contributed by atoms with E-state index in [9.17, 15) is 23.6 Å². The van der Waals surface area contributed by atoms with E-state index < -0.39 is 35.6 Å². The molecule has 1 atom stereocenters. The van der Waals surface area contributed by atoms with Crippen LogP contribution in [0.25, 0.3) is 0 Å². The van der Waals surface area contributed by atoms with E-state index in [1.54, 1.807) is 24.3 Å². The number of halogens is 2. The van der Waals surface area contributed by atoms with Crippen LogP contribution in [0.1, 0.15) is 43.6 Å². The highest BCUT2D eigenvalue weighted by molar-refractivity contribution is 6.30. The number of benzene rings is 3. The largest absolute Gasteiger partial charge is 0.449 e. The minimum absolute atomic E-state index is 0.0228. The maximum Gasteiger partial charge on any atom is 0.338 e. The Morgan fingerprint density at radius 3 is 2.29 bits per heavy atom. The van der Waals surface area contributed by atoms with Crippen LogP contribution in [-0.4, -0.2) is 34.7 Å². The van der Waals surface area contributed by atoms with Gasteiger partial charge in [-0.25, -0.2) is 9.18 Å². The van der Waals surface area contributed by atoms with Crippen LogP contribution in [0.15, 0.2) is 66.7 Å². The Morgan fingerprint density at radius 2 is 1.62 bits per heavy atom. The Bertz CT molecular complexity index is 1290. The smallest absolute Gasteiger partial charge is 0.338 e. The minimum atomic E-state index is -1.16. The number of nitrogens with one attached hydrogen (secondary N) is 1. The van der Waals surface area contributed by atoms with Gasteiger partial charge in [0.2, 0.25) is 0 Å². The molecule has 0 saturated heterocycles. The number of ether oxygens (including phenoxy) is 1. The molecule has 0 aliphatic carbocycles. The molecule has 3 amide bonds. The van der Waals surface area contributed by atoms with Gasteiger partial charge in [-0.15, -0.1) is 0 Å². The maximum atomic E-state index is 13.0. The fraction of sp³-hybridized carbons (Fsp3) is 0.120. The highest BCUT2D eigenvalue weighted by atomic mass is 35.5. The Morgan fingerprint density at radius 1 is 0.971 bits per heavy atom. The predicted molar refractivity (Wildman–Crippen MR) is 122 cm³/mol. The van der Waals surface area contributed by atoms with Crippen molar-refractivity contribution in [1.82, 2.24) is 4.90 Å². The Labute approximate surface area is 199 Å². The summed E-state index contributed by atoms with van der Waals surface area (Å²) in [6, 6.07) is 15.9. The first kappa shape index (κ1) is 23.1. The Kier molecular flexibility index (Phi) is 6.43. The van der Waals surface area contributed by atoms with Gasteiger partial charge in [0.05, 0.1) is 23.2 Å². The molecule has 0 radical (unpaired) electrons. The molecule has 0 saturated carbocycles. The lowest BCUT2D eigenvalue weighted by molar-refractivity contribution is -0.123. The van der Waals surface area contributed by atoms with E-state index in [-0.39, 0.29) is 23.2 Å². The van der Waals surface area contributed by atoms with Crippen LogP contribution in [0.2, 0.25) is 5.02 Å². The molecular weight excluding hydrogens is 463 g/mol. The minimum Gasteiger partial charge on any atom is -0.449 e. The van der Waals surface area contributed by atoms with Crippen LogP contribution in [-0.2, 0) is 16.1 Å². The summed E-state index contributed by atoms with van der Waals surface area (Å²) in [7, 11) is 0. The second kappa shape index (κ2) is 9.44. The molecule has 0 fully saturated rings. The molecule has 0 spiro atoms. The van der Waals surface area contributed by atoms with Gasteiger partial charge in [0.25, 0.3) is 17.7 Å². The van der Waals surface area contributed by atoms with Crippen molar-refractivity contribution in [3.63, 3.8) is 0 Å². The summed E-state index contributed by atoms with van der Waals surface area (Å²) >= 11 is 5.88. The number of fused-ring (bicyclic) bond motifs is 1. The van der Waals surface area contributed by atoms with Crippen LogP contribution in [0.5, 0.6) is 0 Å². The fourth-order valence-electron chi connectivity index (χ4n) is 3.39. The summed E-state index contributed by atoms with van der Waals surface area (Å²) < 4.78 is 18.2. The molecule has 7 nitrogen and oxygen atoms in total. The number of hydrogen-bond acceptors (Lipinski definition) is 5. The fourth-order valence-corrected chi connectivity index (χ4v) is 3.52. The number of anilines is 1.